The largest absolute Gasteiger partial charge is 0.497 e. The van der Waals surface area contributed by atoms with Crippen molar-refractivity contribution >= 4 is 11.5 Å². The zero-order chi connectivity index (χ0) is 31.3. The molecule has 228 valence electrons. The van der Waals surface area contributed by atoms with E-state index >= 15 is 0 Å². The van der Waals surface area contributed by atoms with Gasteiger partial charge in [-0.2, -0.15) is 0 Å². The lowest BCUT2D eigenvalue weighted by molar-refractivity contribution is -0.118. The molecule has 11 nitrogen and oxygen atoms in total. The molecule has 0 fully saturated rings. The van der Waals surface area contributed by atoms with Crippen LogP contribution in [0.25, 0.3) is 11.4 Å². The van der Waals surface area contributed by atoms with Crippen molar-refractivity contribution in [1.29, 1.82) is 0 Å². The molecule has 11 heteroatoms. The van der Waals surface area contributed by atoms with Crippen molar-refractivity contribution in [3.63, 3.8) is 0 Å². The Morgan fingerprint density at radius 3 is 2.38 bits per heavy atom. The number of carbonyl (C=O) groups is 1. The van der Waals surface area contributed by atoms with Gasteiger partial charge in [-0.25, -0.2) is 28.2 Å². The van der Waals surface area contributed by atoms with Gasteiger partial charge in [-0.15, -0.1) is 5.10 Å². The number of ether oxygens (including phenoxy) is 2. The van der Waals surface area contributed by atoms with Gasteiger partial charge in [-0.05, 0) is 47.7 Å². The number of rotatable bonds is 8. The number of fused-ring (bicyclic) bond motifs is 2. The van der Waals surface area contributed by atoms with E-state index in [1.54, 1.807) is 42.1 Å². The van der Waals surface area contributed by atoms with E-state index in [9.17, 15) is 14.4 Å². The molecule has 3 aromatic carbocycles. The van der Waals surface area contributed by atoms with Crippen LogP contribution in [0, 0.1) is 5.41 Å². The minimum Gasteiger partial charge on any atom is -0.497 e. The smallest absolute Gasteiger partial charge is 0.356 e. The van der Waals surface area contributed by atoms with Gasteiger partial charge in [0.1, 0.15) is 29.8 Å². The third-order valence-corrected chi connectivity index (χ3v) is 8.34. The van der Waals surface area contributed by atoms with Crippen molar-refractivity contribution in [3.8, 4) is 17.2 Å². The number of aromatic nitrogens is 6. The van der Waals surface area contributed by atoms with Crippen molar-refractivity contribution < 1.29 is 14.3 Å². The molecule has 0 bridgehead atoms. The number of hydrogen-bond acceptors (Lipinski definition) is 7. The van der Waals surface area contributed by atoms with Gasteiger partial charge in [0.2, 0.25) is 0 Å². The normalized spacial score (nSPS) is 16.9. The monoisotopic (exact) mass is 604 g/mol. The topological polar surface area (TPSA) is 115 Å². The van der Waals surface area contributed by atoms with Gasteiger partial charge in [0.25, 0.3) is 0 Å². The Morgan fingerprint density at radius 2 is 1.62 bits per heavy atom. The van der Waals surface area contributed by atoms with Crippen LogP contribution in [0.2, 0.25) is 0 Å². The standard InChI is InChI=1S/C34H32N6O5/c1-34(2)17-27-30(28(41)18-34)31(40-33(43)38(32(42)39(27)40)24-13-15-25(44-3)16-14-24)26-11-7-8-12-29(26)45-21-23-20-37(36-35-23)19-22-9-5-4-6-10-22/h4-16,20,31H,17-19,21H2,1-3H3. The summed E-state index contributed by atoms with van der Waals surface area (Å²) in [5.41, 5.74) is 2.29. The highest BCUT2D eigenvalue weighted by Crippen LogP contribution is 2.48. The number of nitrogens with zero attached hydrogens (tertiary/aromatic N) is 6. The SMILES string of the molecule is COc1ccc(-n2c(=O)n3n(c2=O)C(c2ccccc2OCc2cn(Cc4ccccc4)nn2)C2=C3CC(C)(C)CC2=O)cc1. The Morgan fingerprint density at radius 1 is 0.889 bits per heavy atom. The molecular formula is C34H32N6O5. The van der Waals surface area contributed by atoms with Crippen LogP contribution in [0.3, 0.4) is 0 Å². The summed E-state index contributed by atoms with van der Waals surface area (Å²) in [6.45, 7) is 4.70. The quantitative estimate of drug-likeness (QED) is 0.260. The Labute approximate surface area is 258 Å². The number of Topliss-reactive ketones (excluding diaryl/α,β-unsaturated/α-hetero) is 1. The lowest BCUT2D eigenvalue weighted by atomic mass is 9.74. The average molecular weight is 605 g/mol. The van der Waals surface area contributed by atoms with Gasteiger partial charge in [-0.1, -0.05) is 67.6 Å². The molecule has 45 heavy (non-hydrogen) atoms. The molecule has 0 amide bonds. The first-order chi connectivity index (χ1) is 21.7. The summed E-state index contributed by atoms with van der Waals surface area (Å²) >= 11 is 0. The van der Waals surface area contributed by atoms with Crippen LogP contribution in [0.4, 0.5) is 0 Å². The second kappa shape index (κ2) is 10.9. The molecule has 3 heterocycles. The number of benzene rings is 3. The summed E-state index contributed by atoms with van der Waals surface area (Å²) < 4.78 is 17.2. The van der Waals surface area contributed by atoms with E-state index in [1.165, 1.54) is 9.36 Å². The maximum absolute atomic E-state index is 14.1. The van der Waals surface area contributed by atoms with E-state index < -0.39 is 17.4 Å². The van der Waals surface area contributed by atoms with E-state index in [-0.39, 0.29) is 17.8 Å². The van der Waals surface area contributed by atoms with Crippen LogP contribution in [-0.4, -0.2) is 41.8 Å². The molecule has 2 aliphatic rings. The molecule has 0 saturated heterocycles. The van der Waals surface area contributed by atoms with Crippen LogP contribution in [0.5, 0.6) is 11.5 Å². The van der Waals surface area contributed by atoms with Crippen molar-refractivity contribution in [2.24, 2.45) is 5.41 Å². The number of carbonyl (C=O) groups excluding carboxylic acids is 1. The number of allylic oxidation sites excluding steroid dienone is 2. The van der Waals surface area contributed by atoms with E-state index in [4.69, 9.17) is 9.47 Å². The maximum atomic E-state index is 14.1. The van der Waals surface area contributed by atoms with E-state index in [1.807, 2.05) is 68.6 Å². The minimum atomic E-state index is -0.840. The van der Waals surface area contributed by atoms with Gasteiger partial charge in [-0.3, -0.25) is 4.79 Å². The highest BCUT2D eigenvalue weighted by molar-refractivity contribution is 6.04. The third-order valence-electron chi connectivity index (χ3n) is 8.34. The van der Waals surface area contributed by atoms with Gasteiger partial charge < -0.3 is 9.47 Å². The van der Waals surface area contributed by atoms with Crippen LogP contribution in [-0.2, 0) is 17.9 Å². The van der Waals surface area contributed by atoms with Gasteiger partial charge >= 0.3 is 11.4 Å². The Kier molecular flexibility index (Phi) is 6.87. The zero-order valence-electron chi connectivity index (χ0n) is 25.2. The third kappa shape index (κ3) is 4.99. The molecule has 2 aromatic heterocycles. The molecule has 1 aliphatic carbocycles. The summed E-state index contributed by atoms with van der Waals surface area (Å²) in [6.07, 6.45) is 2.60. The fraction of sp³-hybridized carbons (Fsp3) is 0.265. The first kappa shape index (κ1) is 28.3. The first-order valence-electron chi connectivity index (χ1n) is 14.8. The summed E-state index contributed by atoms with van der Waals surface area (Å²) in [5, 5.41) is 8.51. The molecule has 1 atom stereocenters. The summed E-state index contributed by atoms with van der Waals surface area (Å²) in [6, 6.07) is 23.2. The van der Waals surface area contributed by atoms with Crippen molar-refractivity contribution in [1.82, 2.24) is 28.9 Å². The number of ketones is 1. The Balaban J connectivity index is 1.28. The van der Waals surface area contributed by atoms with Crippen LogP contribution in [0.1, 0.15) is 49.6 Å². The predicted molar refractivity (Wildman–Crippen MR) is 167 cm³/mol. The molecule has 0 radical (unpaired) electrons. The average Bonchev–Trinajstić information content (AvgIpc) is 3.69. The first-order valence-corrected chi connectivity index (χ1v) is 14.8. The molecule has 1 unspecified atom stereocenters. The van der Waals surface area contributed by atoms with E-state index in [0.29, 0.717) is 59.1 Å². The summed E-state index contributed by atoms with van der Waals surface area (Å²) in [4.78, 5) is 41.9. The highest BCUT2D eigenvalue weighted by atomic mass is 16.5. The molecule has 0 spiro atoms. The Hall–Kier alpha value is -5.45. The fourth-order valence-corrected chi connectivity index (χ4v) is 6.33. The van der Waals surface area contributed by atoms with Crippen molar-refractivity contribution in [2.45, 2.75) is 45.9 Å². The van der Waals surface area contributed by atoms with Gasteiger partial charge in [0, 0.05) is 17.6 Å². The fourth-order valence-electron chi connectivity index (χ4n) is 6.33. The molecule has 0 saturated carbocycles. The predicted octanol–water partition coefficient (Wildman–Crippen LogP) is 4.23. The minimum absolute atomic E-state index is 0.0871. The van der Waals surface area contributed by atoms with E-state index in [2.05, 4.69) is 10.3 Å². The maximum Gasteiger partial charge on any atom is 0.356 e. The van der Waals surface area contributed by atoms with Gasteiger partial charge in [0.15, 0.2) is 5.78 Å². The lowest BCUT2D eigenvalue weighted by Gasteiger charge is -2.30. The lowest BCUT2D eigenvalue weighted by Crippen LogP contribution is -2.33. The molecular weight excluding hydrogens is 572 g/mol. The van der Waals surface area contributed by atoms with Crippen molar-refractivity contribution in [3.05, 3.63) is 128 Å². The molecule has 1 aliphatic heterocycles. The second-order valence-corrected chi connectivity index (χ2v) is 12.2. The summed E-state index contributed by atoms with van der Waals surface area (Å²) in [7, 11) is 1.55. The van der Waals surface area contributed by atoms with Crippen LogP contribution in [0.15, 0.2) is 100 Å². The van der Waals surface area contributed by atoms with Crippen LogP contribution < -0.4 is 20.9 Å². The zero-order valence-corrected chi connectivity index (χ0v) is 25.2. The highest BCUT2D eigenvalue weighted by Gasteiger charge is 2.46. The molecule has 5 aromatic rings. The molecule has 0 N–H and O–H groups in total. The number of para-hydroxylation sites is 1. The van der Waals surface area contributed by atoms with Crippen LogP contribution >= 0.6 is 0 Å². The molecule has 7 rings (SSSR count). The Bertz CT molecular complexity index is 2060. The number of hydrogen-bond donors (Lipinski definition) is 0. The summed E-state index contributed by atoms with van der Waals surface area (Å²) in [5.74, 6) is 0.998. The second-order valence-electron chi connectivity index (χ2n) is 12.2. The number of methoxy groups -OCH3 is 1. The van der Waals surface area contributed by atoms with Crippen molar-refractivity contribution in [2.75, 3.05) is 7.11 Å². The van der Waals surface area contributed by atoms with E-state index in [0.717, 1.165) is 10.1 Å². The van der Waals surface area contributed by atoms with Gasteiger partial charge in [0.05, 0.1) is 31.2 Å².